The molecule has 3 fully saturated rings. The summed E-state index contributed by atoms with van der Waals surface area (Å²) in [4.78, 5) is 10.1. The summed E-state index contributed by atoms with van der Waals surface area (Å²) in [5, 5.41) is 7.83. The number of fused-ring (bicyclic) bond motifs is 2. The molecular weight excluding hydrogens is 324 g/mol. The number of rotatable bonds is 5. The number of hydrogen-bond donors (Lipinski definition) is 1. The Kier molecular flexibility index (Phi) is 5.48. The van der Waals surface area contributed by atoms with E-state index in [1.807, 2.05) is 10.9 Å². The van der Waals surface area contributed by atoms with Crippen LogP contribution in [0.3, 0.4) is 0 Å². The fraction of sp³-hybridized carbons (Fsp3) is 0.800. The predicted molar refractivity (Wildman–Crippen MR) is 105 cm³/mol. The zero-order valence-electron chi connectivity index (χ0n) is 16.4. The van der Waals surface area contributed by atoms with Gasteiger partial charge in [-0.25, -0.2) is 0 Å². The van der Waals surface area contributed by atoms with Gasteiger partial charge >= 0.3 is 0 Å². The number of nitrogens with zero attached hydrogens (tertiary/aromatic N) is 5. The summed E-state index contributed by atoms with van der Waals surface area (Å²) in [7, 11) is 0. The van der Waals surface area contributed by atoms with E-state index in [1.54, 1.807) is 0 Å². The van der Waals surface area contributed by atoms with E-state index in [9.17, 15) is 0 Å². The number of piperazine rings is 1. The van der Waals surface area contributed by atoms with Crippen LogP contribution in [0.2, 0.25) is 0 Å². The molecule has 3 atom stereocenters. The van der Waals surface area contributed by atoms with Crippen LogP contribution >= 0.6 is 0 Å². The van der Waals surface area contributed by atoms with Gasteiger partial charge in [-0.15, -0.1) is 0 Å². The van der Waals surface area contributed by atoms with Crippen molar-refractivity contribution < 1.29 is 0 Å². The molecular formula is C20H34N6. The van der Waals surface area contributed by atoms with Crippen LogP contribution in [0.15, 0.2) is 17.4 Å². The van der Waals surface area contributed by atoms with Crippen LogP contribution in [-0.4, -0.2) is 70.9 Å². The number of hydrogen-bond acceptors (Lipinski definition) is 3. The third kappa shape index (κ3) is 3.90. The van der Waals surface area contributed by atoms with E-state index in [-0.39, 0.29) is 0 Å². The minimum Gasteiger partial charge on any atom is -0.357 e. The van der Waals surface area contributed by atoms with E-state index in [2.05, 4.69) is 40.3 Å². The standard InChI is InChI=1S/C20H34N6/c1-3-21-20(22-6-7-26-15-16(2)14-23-26)25-10-8-24(9-11-25)19-13-17-4-5-18(19)12-17/h14-15,17-19H,3-13H2,1-2H3,(H,21,22). The molecule has 2 bridgehead atoms. The highest BCUT2D eigenvalue weighted by molar-refractivity contribution is 5.80. The second-order valence-electron chi connectivity index (χ2n) is 8.28. The number of aromatic nitrogens is 2. The van der Waals surface area contributed by atoms with Crippen LogP contribution in [0.4, 0.5) is 0 Å². The lowest BCUT2D eigenvalue weighted by Crippen LogP contribution is -2.55. The summed E-state index contributed by atoms with van der Waals surface area (Å²) in [6.45, 7) is 11.3. The number of nitrogens with one attached hydrogen (secondary N) is 1. The van der Waals surface area contributed by atoms with Crippen LogP contribution in [0.5, 0.6) is 0 Å². The van der Waals surface area contributed by atoms with Gasteiger partial charge in [0.25, 0.3) is 0 Å². The van der Waals surface area contributed by atoms with Gasteiger partial charge in [-0.2, -0.15) is 5.10 Å². The van der Waals surface area contributed by atoms with E-state index in [4.69, 9.17) is 4.99 Å². The lowest BCUT2D eigenvalue weighted by atomic mass is 9.93. The van der Waals surface area contributed by atoms with Crippen LogP contribution in [0.1, 0.15) is 38.2 Å². The first-order valence-electron chi connectivity index (χ1n) is 10.5. The van der Waals surface area contributed by atoms with Gasteiger partial charge in [-0.1, -0.05) is 6.42 Å². The highest BCUT2D eigenvalue weighted by Gasteiger charge is 2.42. The Labute approximate surface area is 157 Å². The van der Waals surface area contributed by atoms with Crippen molar-refractivity contribution in [1.29, 1.82) is 0 Å². The average Bonchev–Trinajstić information content (AvgIpc) is 3.38. The van der Waals surface area contributed by atoms with Gasteiger partial charge < -0.3 is 10.2 Å². The molecule has 6 heteroatoms. The van der Waals surface area contributed by atoms with Gasteiger partial charge in [0.05, 0.1) is 19.3 Å². The van der Waals surface area contributed by atoms with E-state index in [1.165, 1.54) is 44.3 Å². The predicted octanol–water partition coefficient (Wildman–Crippen LogP) is 1.96. The Hall–Kier alpha value is -1.56. The highest BCUT2D eigenvalue weighted by Crippen LogP contribution is 2.46. The van der Waals surface area contributed by atoms with Crippen molar-refractivity contribution in [1.82, 2.24) is 24.9 Å². The monoisotopic (exact) mass is 358 g/mol. The molecule has 1 aliphatic heterocycles. The molecule has 6 nitrogen and oxygen atoms in total. The topological polar surface area (TPSA) is 48.7 Å². The fourth-order valence-corrected chi connectivity index (χ4v) is 5.20. The first-order valence-corrected chi connectivity index (χ1v) is 10.5. The van der Waals surface area contributed by atoms with Gasteiger partial charge in [0.2, 0.25) is 0 Å². The van der Waals surface area contributed by atoms with Crippen LogP contribution in [-0.2, 0) is 6.54 Å². The number of guanidine groups is 1. The van der Waals surface area contributed by atoms with Crippen molar-refractivity contribution in [3.8, 4) is 0 Å². The van der Waals surface area contributed by atoms with Gasteiger partial charge in [-0.3, -0.25) is 14.6 Å². The largest absolute Gasteiger partial charge is 0.357 e. The normalized spacial score (nSPS) is 29.5. The maximum absolute atomic E-state index is 4.85. The Bertz CT molecular complexity index is 616. The molecule has 144 valence electrons. The Morgan fingerprint density at radius 1 is 1.23 bits per heavy atom. The Balaban J connectivity index is 1.29. The molecule has 1 aromatic rings. The van der Waals surface area contributed by atoms with Crippen molar-refractivity contribution in [2.24, 2.45) is 16.8 Å². The Morgan fingerprint density at radius 2 is 2.08 bits per heavy atom. The first kappa shape index (κ1) is 17.8. The van der Waals surface area contributed by atoms with Crippen molar-refractivity contribution in [3.05, 3.63) is 18.0 Å². The number of aryl methyl sites for hydroxylation is 1. The van der Waals surface area contributed by atoms with Crippen LogP contribution in [0.25, 0.3) is 0 Å². The number of aliphatic imine (C=N–C) groups is 1. The highest BCUT2D eigenvalue weighted by atomic mass is 15.4. The minimum atomic E-state index is 0.774. The molecule has 3 aliphatic rings. The first-order chi connectivity index (χ1) is 12.7. The summed E-state index contributed by atoms with van der Waals surface area (Å²) in [6.07, 6.45) is 9.92. The SMILES string of the molecule is CCNC(=NCCn1cc(C)cn1)N1CCN(C2CC3CCC2C3)CC1. The second-order valence-corrected chi connectivity index (χ2v) is 8.28. The van der Waals surface area contributed by atoms with Crippen LogP contribution in [0, 0.1) is 18.8 Å². The van der Waals surface area contributed by atoms with Crippen molar-refractivity contribution in [3.63, 3.8) is 0 Å². The molecule has 2 saturated carbocycles. The minimum absolute atomic E-state index is 0.774. The van der Waals surface area contributed by atoms with Crippen molar-refractivity contribution in [2.45, 2.75) is 52.1 Å². The second kappa shape index (κ2) is 7.99. The summed E-state index contributed by atoms with van der Waals surface area (Å²) < 4.78 is 1.98. The molecule has 1 aromatic heterocycles. The molecule has 2 heterocycles. The zero-order valence-corrected chi connectivity index (χ0v) is 16.4. The Morgan fingerprint density at radius 3 is 2.69 bits per heavy atom. The van der Waals surface area contributed by atoms with Crippen molar-refractivity contribution >= 4 is 5.96 Å². The average molecular weight is 359 g/mol. The molecule has 0 radical (unpaired) electrons. The summed E-state index contributed by atoms with van der Waals surface area (Å²) in [5.41, 5.74) is 1.21. The molecule has 0 amide bonds. The third-order valence-corrected chi connectivity index (χ3v) is 6.47. The van der Waals surface area contributed by atoms with Gasteiger partial charge in [0.15, 0.2) is 5.96 Å². The molecule has 1 N–H and O–H groups in total. The van der Waals surface area contributed by atoms with Gasteiger partial charge in [0.1, 0.15) is 0 Å². The third-order valence-electron chi connectivity index (χ3n) is 6.47. The summed E-state index contributed by atoms with van der Waals surface area (Å²) >= 11 is 0. The molecule has 26 heavy (non-hydrogen) atoms. The molecule has 0 spiro atoms. The molecule has 2 aliphatic carbocycles. The molecule has 0 aromatic carbocycles. The van der Waals surface area contributed by atoms with Crippen molar-refractivity contribution in [2.75, 3.05) is 39.3 Å². The smallest absolute Gasteiger partial charge is 0.194 e. The van der Waals surface area contributed by atoms with E-state index < -0.39 is 0 Å². The van der Waals surface area contributed by atoms with Gasteiger partial charge in [0, 0.05) is 45.0 Å². The maximum atomic E-state index is 4.85. The molecule has 3 unspecified atom stereocenters. The zero-order chi connectivity index (χ0) is 17.9. The van der Waals surface area contributed by atoms with E-state index in [0.29, 0.717) is 0 Å². The summed E-state index contributed by atoms with van der Waals surface area (Å²) in [5.74, 6) is 3.10. The molecule has 4 rings (SSSR count). The van der Waals surface area contributed by atoms with Gasteiger partial charge in [-0.05, 0) is 50.5 Å². The van der Waals surface area contributed by atoms with Crippen LogP contribution < -0.4 is 5.32 Å². The van der Waals surface area contributed by atoms with E-state index in [0.717, 1.165) is 56.6 Å². The van der Waals surface area contributed by atoms with E-state index >= 15 is 0 Å². The maximum Gasteiger partial charge on any atom is 0.194 e. The quantitative estimate of drug-likeness (QED) is 0.646. The summed E-state index contributed by atoms with van der Waals surface area (Å²) in [6, 6.07) is 0.874. The lowest BCUT2D eigenvalue weighted by molar-refractivity contribution is 0.0958. The fourth-order valence-electron chi connectivity index (χ4n) is 5.20. The lowest BCUT2D eigenvalue weighted by Gasteiger charge is -2.42. The molecule has 1 saturated heterocycles.